The quantitative estimate of drug-likeness (QED) is 0.403. The number of aliphatic hydroxyl groups excluding tert-OH is 1. The van der Waals surface area contributed by atoms with Gasteiger partial charge in [0.2, 0.25) is 0 Å². The maximum Gasteiger partial charge on any atom is 0.309 e. The molecule has 1 aliphatic carbocycles. The number of nitrogens with zero attached hydrogens (tertiary/aromatic N) is 2. The highest BCUT2D eigenvalue weighted by Crippen LogP contribution is 2.40. The number of carboxylic acid groups (broad SMARTS) is 1. The summed E-state index contributed by atoms with van der Waals surface area (Å²) in [4.78, 5) is 20.1. The van der Waals surface area contributed by atoms with E-state index in [4.69, 9.17) is 11.5 Å². The summed E-state index contributed by atoms with van der Waals surface area (Å²) in [6.07, 6.45) is 2.73. The average molecular weight is 312 g/mol. The zero-order chi connectivity index (χ0) is 16.9. The minimum absolute atomic E-state index is 0.0861. The summed E-state index contributed by atoms with van der Waals surface area (Å²) in [5.41, 5.74) is 11.0. The molecular formula is C15H28N4O3. The molecule has 1 fully saturated rings. The van der Waals surface area contributed by atoms with Gasteiger partial charge in [-0.15, -0.1) is 0 Å². The van der Waals surface area contributed by atoms with E-state index in [1.54, 1.807) is 6.21 Å². The number of aliphatic imine (C=N–C) groups is 2. The molecule has 0 bridgehead atoms. The van der Waals surface area contributed by atoms with Crippen LogP contribution in [0.15, 0.2) is 9.98 Å². The fourth-order valence-electron chi connectivity index (χ4n) is 3.54. The van der Waals surface area contributed by atoms with Crippen LogP contribution in [0.1, 0.15) is 40.0 Å². The normalized spacial score (nSPS) is 29.9. The molecule has 0 amide bonds. The third-order valence-electron chi connectivity index (χ3n) is 4.63. The van der Waals surface area contributed by atoms with Crippen LogP contribution in [-0.2, 0) is 4.79 Å². The van der Waals surface area contributed by atoms with Gasteiger partial charge < -0.3 is 21.7 Å². The molecule has 0 radical (unpaired) electrons. The first-order valence-corrected chi connectivity index (χ1v) is 7.84. The van der Waals surface area contributed by atoms with Crippen LogP contribution in [0.4, 0.5) is 0 Å². The van der Waals surface area contributed by atoms with Crippen molar-refractivity contribution in [3.63, 3.8) is 0 Å². The molecule has 1 rings (SSSR count). The van der Waals surface area contributed by atoms with E-state index in [9.17, 15) is 15.0 Å². The van der Waals surface area contributed by atoms with E-state index in [0.717, 1.165) is 12.8 Å². The lowest BCUT2D eigenvalue weighted by Crippen LogP contribution is -2.40. The van der Waals surface area contributed by atoms with Gasteiger partial charge in [-0.1, -0.05) is 26.7 Å². The number of hydrogen-bond donors (Lipinski definition) is 4. The highest BCUT2D eigenvalue weighted by molar-refractivity contribution is 5.76. The van der Waals surface area contributed by atoms with E-state index >= 15 is 0 Å². The Morgan fingerprint density at radius 3 is 2.36 bits per heavy atom. The second-order valence-electron chi connectivity index (χ2n) is 5.84. The first-order valence-electron chi connectivity index (χ1n) is 7.84. The topological polar surface area (TPSA) is 134 Å². The molecule has 7 nitrogen and oxygen atoms in total. The molecule has 1 unspecified atom stereocenters. The monoisotopic (exact) mass is 312 g/mol. The van der Waals surface area contributed by atoms with Gasteiger partial charge in [0.25, 0.3) is 0 Å². The highest BCUT2D eigenvalue weighted by Gasteiger charge is 2.50. The van der Waals surface area contributed by atoms with Crippen molar-refractivity contribution in [1.82, 2.24) is 0 Å². The minimum atomic E-state index is -1.02. The Morgan fingerprint density at radius 2 is 1.95 bits per heavy atom. The number of aliphatic carboxylic acids is 1. The summed E-state index contributed by atoms with van der Waals surface area (Å²) in [5.74, 6) is -2.10. The standard InChI is InChI=1S/C15H28N4O3/c1-4-8(5-2)12(18-6-3)11-10(19-15(16)17)7-9(13(11)20)14(21)22/h6,8-13,20H,4-5,7H2,1-3H3,(H,21,22)(H4,16,17,19)/t9-,10+,11+,12?,13+/m0/s1. The van der Waals surface area contributed by atoms with Crippen molar-refractivity contribution in [2.75, 3.05) is 0 Å². The van der Waals surface area contributed by atoms with Crippen molar-refractivity contribution in [2.45, 2.75) is 58.2 Å². The molecule has 7 heteroatoms. The van der Waals surface area contributed by atoms with Gasteiger partial charge in [-0.25, -0.2) is 4.99 Å². The second-order valence-corrected chi connectivity index (χ2v) is 5.84. The van der Waals surface area contributed by atoms with Crippen LogP contribution in [0.2, 0.25) is 0 Å². The van der Waals surface area contributed by atoms with Crippen molar-refractivity contribution >= 4 is 18.1 Å². The molecule has 22 heavy (non-hydrogen) atoms. The van der Waals surface area contributed by atoms with E-state index in [0.29, 0.717) is 0 Å². The third-order valence-corrected chi connectivity index (χ3v) is 4.63. The zero-order valence-corrected chi connectivity index (χ0v) is 13.5. The Labute approximate surface area is 131 Å². The lowest BCUT2D eigenvalue weighted by atomic mass is 9.81. The number of carboxylic acids is 1. The molecule has 126 valence electrons. The Morgan fingerprint density at radius 1 is 1.36 bits per heavy atom. The first kappa shape index (κ1) is 18.4. The molecule has 1 aliphatic rings. The van der Waals surface area contributed by atoms with Gasteiger partial charge in [-0.2, -0.15) is 0 Å². The second kappa shape index (κ2) is 8.12. The summed E-state index contributed by atoms with van der Waals surface area (Å²) in [6.45, 7) is 5.96. The number of carbonyl (C=O) groups is 1. The predicted octanol–water partition coefficient (Wildman–Crippen LogP) is 0.606. The summed E-state index contributed by atoms with van der Waals surface area (Å²) >= 11 is 0. The number of aliphatic hydroxyl groups is 1. The molecule has 1 saturated carbocycles. The number of guanidine groups is 1. The molecular weight excluding hydrogens is 284 g/mol. The lowest BCUT2D eigenvalue weighted by Gasteiger charge is -2.32. The maximum atomic E-state index is 11.4. The Bertz CT molecular complexity index is 431. The Hall–Kier alpha value is -1.63. The van der Waals surface area contributed by atoms with Gasteiger partial charge in [0.15, 0.2) is 5.96 Å². The van der Waals surface area contributed by atoms with E-state index in [-0.39, 0.29) is 30.3 Å². The van der Waals surface area contributed by atoms with E-state index in [1.165, 1.54) is 0 Å². The summed E-state index contributed by atoms with van der Waals surface area (Å²) < 4.78 is 0. The van der Waals surface area contributed by atoms with Crippen LogP contribution < -0.4 is 11.5 Å². The Balaban J connectivity index is 3.21. The lowest BCUT2D eigenvalue weighted by molar-refractivity contribution is -0.145. The Kier molecular flexibility index (Phi) is 6.80. The molecule has 0 aromatic heterocycles. The van der Waals surface area contributed by atoms with Crippen molar-refractivity contribution < 1.29 is 15.0 Å². The summed E-state index contributed by atoms with van der Waals surface area (Å²) in [7, 11) is 0. The van der Waals surface area contributed by atoms with Crippen LogP contribution in [0.25, 0.3) is 0 Å². The number of hydrogen-bond acceptors (Lipinski definition) is 4. The molecule has 0 spiro atoms. The largest absolute Gasteiger partial charge is 0.481 e. The van der Waals surface area contributed by atoms with E-state index in [2.05, 4.69) is 23.8 Å². The van der Waals surface area contributed by atoms with Gasteiger partial charge in [-0.3, -0.25) is 9.79 Å². The minimum Gasteiger partial charge on any atom is -0.481 e. The van der Waals surface area contributed by atoms with Gasteiger partial charge in [0, 0.05) is 5.92 Å². The molecule has 0 aromatic rings. The van der Waals surface area contributed by atoms with Crippen molar-refractivity contribution in [2.24, 2.45) is 39.2 Å². The van der Waals surface area contributed by atoms with Crippen molar-refractivity contribution in [3.05, 3.63) is 0 Å². The molecule has 0 aromatic carbocycles. The van der Waals surface area contributed by atoms with Crippen molar-refractivity contribution in [3.8, 4) is 0 Å². The fraction of sp³-hybridized carbons (Fsp3) is 0.800. The molecule has 0 aliphatic heterocycles. The first-order chi connectivity index (χ1) is 10.4. The van der Waals surface area contributed by atoms with Gasteiger partial charge in [0.05, 0.1) is 24.1 Å². The summed E-state index contributed by atoms with van der Waals surface area (Å²) in [6, 6.07) is -0.608. The predicted molar refractivity (Wildman–Crippen MR) is 86.9 cm³/mol. The van der Waals surface area contributed by atoms with Gasteiger partial charge in [-0.05, 0) is 25.5 Å². The third kappa shape index (κ3) is 3.97. The fourth-order valence-corrected chi connectivity index (χ4v) is 3.54. The van der Waals surface area contributed by atoms with E-state index < -0.39 is 24.0 Å². The SMILES string of the molecule is CC=NC(C(CC)CC)[C@@H]1[C@H](O)[C@@H](C(=O)O)C[C@H]1N=C(N)N. The van der Waals surface area contributed by atoms with Crippen LogP contribution in [-0.4, -0.2) is 46.5 Å². The number of rotatable bonds is 7. The van der Waals surface area contributed by atoms with Crippen LogP contribution in [0.5, 0.6) is 0 Å². The van der Waals surface area contributed by atoms with Gasteiger partial charge >= 0.3 is 5.97 Å². The summed E-state index contributed by atoms with van der Waals surface area (Å²) in [5, 5.41) is 19.8. The maximum absolute atomic E-state index is 11.4. The van der Waals surface area contributed by atoms with Crippen LogP contribution in [0, 0.1) is 17.8 Å². The van der Waals surface area contributed by atoms with Crippen LogP contribution >= 0.6 is 0 Å². The van der Waals surface area contributed by atoms with Gasteiger partial charge in [0.1, 0.15) is 0 Å². The zero-order valence-electron chi connectivity index (χ0n) is 13.5. The molecule has 0 saturated heterocycles. The highest BCUT2D eigenvalue weighted by atomic mass is 16.4. The smallest absolute Gasteiger partial charge is 0.309 e. The average Bonchev–Trinajstić information content (AvgIpc) is 2.75. The van der Waals surface area contributed by atoms with Crippen LogP contribution in [0.3, 0.4) is 0 Å². The van der Waals surface area contributed by atoms with E-state index in [1.807, 2.05) is 6.92 Å². The molecule has 6 N–H and O–H groups in total. The van der Waals surface area contributed by atoms with Crippen molar-refractivity contribution in [1.29, 1.82) is 0 Å². The number of nitrogens with two attached hydrogens (primary N) is 2. The molecule has 0 heterocycles. The molecule has 5 atom stereocenters.